The summed E-state index contributed by atoms with van der Waals surface area (Å²) in [6.45, 7) is 0. The zero-order valence-corrected chi connectivity index (χ0v) is 15.2. The molecule has 0 saturated heterocycles. The van der Waals surface area contributed by atoms with Gasteiger partial charge in [-0.1, -0.05) is 54.6 Å². The summed E-state index contributed by atoms with van der Waals surface area (Å²) >= 11 is 5.34. The normalized spacial score (nSPS) is 12.2. The number of nitrogens with one attached hydrogen (secondary N) is 2. The highest BCUT2D eigenvalue weighted by molar-refractivity contribution is 7.80. The predicted octanol–water partition coefficient (Wildman–Crippen LogP) is 4.38. The van der Waals surface area contributed by atoms with E-state index in [-0.39, 0.29) is 5.91 Å². The Labute approximate surface area is 158 Å². The van der Waals surface area contributed by atoms with Gasteiger partial charge in [0.2, 0.25) is 5.91 Å². The van der Waals surface area contributed by atoms with E-state index in [0.717, 1.165) is 24.1 Å². The molecule has 3 nitrogen and oxygen atoms in total. The molecule has 3 aromatic rings. The molecule has 4 rings (SSSR count). The summed E-state index contributed by atoms with van der Waals surface area (Å²) in [6, 6.07) is 20.6. The number of hydrogen-bond acceptors (Lipinski definition) is 2. The second-order valence-corrected chi connectivity index (χ2v) is 7.01. The van der Waals surface area contributed by atoms with Crippen LogP contribution in [-0.2, 0) is 24.1 Å². The van der Waals surface area contributed by atoms with Crippen molar-refractivity contribution < 1.29 is 4.79 Å². The van der Waals surface area contributed by atoms with E-state index in [1.165, 1.54) is 21.9 Å². The van der Waals surface area contributed by atoms with Gasteiger partial charge in [-0.05, 0) is 59.6 Å². The maximum atomic E-state index is 12.2. The van der Waals surface area contributed by atoms with Gasteiger partial charge < -0.3 is 10.6 Å². The minimum absolute atomic E-state index is 0.0720. The van der Waals surface area contributed by atoms with Crippen LogP contribution in [0.25, 0.3) is 10.8 Å². The topological polar surface area (TPSA) is 41.1 Å². The van der Waals surface area contributed by atoms with Crippen LogP contribution in [0.1, 0.15) is 23.1 Å². The Balaban J connectivity index is 1.41. The maximum Gasteiger partial charge on any atom is 0.226 e. The van der Waals surface area contributed by atoms with Crippen LogP contribution in [-0.4, -0.2) is 11.0 Å². The van der Waals surface area contributed by atoms with Gasteiger partial charge in [0.25, 0.3) is 0 Å². The highest BCUT2D eigenvalue weighted by Gasteiger charge is 2.16. The van der Waals surface area contributed by atoms with E-state index < -0.39 is 0 Å². The first-order valence-corrected chi connectivity index (χ1v) is 9.30. The summed E-state index contributed by atoms with van der Waals surface area (Å²) in [5.41, 5.74) is 4.87. The molecular formula is C22H20N2OS. The van der Waals surface area contributed by atoms with Crippen molar-refractivity contribution in [2.24, 2.45) is 0 Å². The summed E-state index contributed by atoms with van der Waals surface area (Å²) in [6.07, 6.45) is 3.31. The summed E-state index contributed by atoms with van der Waals surface area (Å²) in [5, 5.41) is 8.83. The highest BCUT2D eigenvalue weighted by atomic mass is 32.1. The molecule has 0 bridgehead atoms. The van der Waals surface area contributed by atoms with Gasteiger partial charge in [-0.2, -0.15) is 0 Å². The molecule has 0 saturated carbocycles. The van der Waals surface area contributed by atoms with Crippen molar-refractivity contribution in [1.29, 1.82) is 0 Å². The molecule has 0 unspecified atom stereocenters. The molecule has 0 spiro atoms. The van der Waals surface area contributed by atoms with Crippen molar-refractivity contribution in [1.82, 2.24) is 5.32 Å². The van der Waals surface area contributed by atoms with Gasteiger partial charge in [0.05, 0.1) is 0 Å². The Morgan fingerprint density at radius 1 is 0.923 bits per heavy atom. The molecule has 4 heteroatoms. The first kappa shape index (κ1) is 16.7. The Morgan fingerprint density at radius 2 is 1.69 bits per heavy atom. The Hall–Kier alpha value is -2.72. The molecule has 0 aromatic heterocycles. The van der Waals surface area contributed by atoms with Crippen LogP contribution in [0.5, 0.6) is 0 Å². The average molecular weight is 360 g/mol. The molecule has 1 aliphatic rings. The van der Waals surface area contributed by atoms with E-state index in [4.69, 9.17) is 12.2 Å². The van der Waals surface area contributed by atoms with E-state index in [1.807, 2.05) is 30.3 Å². The SMILES string of the molecule is O=C(CCc1ccccc1)NC(=S)Nc1ccc2c3c(cccc13)CC2. The Morgan fingerprint density at radius 3 is 2.50 bits per heavy atom. The molecule has 130 valence electrons. The van der Waals surface area contributed by atoms with E-state index in [2.05, 4.69) is 41.0 Å². The average Bonchev–Trinajstić information content (AvgIpc) is 3.08. The fourth-order valence-corrected chi connectivity index (χ4v) is 3.82. The lowest BCUT2D eigenvalue weighted by Crippen LogP contribution is -2.34. The second kappa shape index (κ2) is 7.26. The number of aryl methyl sites for hydroxylation is 3. The van der Waals surface area contributed by atoms with Crippen molar-refractivity contribution in [3.63, 3.8) is 0 Å². The van der Waals surface area contributed by atoms with Crippen molar-refractivity contribution >= 4 is 39.7 Å². The van der Waals surface area contributed by atoms with Crippen molar-refractivity contribution in [2.45, 2.75) is 25.7 Å². The fourth-order valence-electron chi connectivity index (χ4n) is 3.60. The van der Waals surface area contributed by atoms with Gasteiger partial charge in [-0.3, -0.25) is 4.79 Å². The van der Waals surface area contributed by atoms with Gasteiger partial charge in [0.1, 0.15) is 0 Å². The first-order chi connectivity index (χ1) is 12.7. The van der Waals surface area contributed by atoms with Crippen LogP contribution in [0, 0.1) is 0 Å². The highest BCUT2D eigenvalue weighted by Crippen LogP contribution is 2.34. The second-order valence-electron chi connectivity index (χ2n) is 6.60. The van der Waals surface area contributed by atoms with Crippen molar-refractivity contribution in [3.8, 4) is 0 Å². The predicted molar refractivity (Wildman–Crippen MR) is 110 cm³/mol. The summed E-state index contributed by atoms with van der Waals surface area (Å²) in [5.74, 6) is -0.0720. The van der Waals surface area contributed by atoms with E-state index in [9.17, 15) is 4.79 Å². The number of thiocarbonyl (C=S) groups is 1. The number of carbonyl (C=O) groups excluding carboxylic acids is 1. The van der Waals surface area contributed by atoms with Crippen LogP contribution in [0.15, 0.2) is 60.7 Å². The van der Waals surface area contributed by atoms with Crippen LogP contribution >= 0.6 is 12.2 Å². The molecule has 1 aliphatic carbocycles. The molecule has 0 aliphatic heterocycles. The van der Waals surface area contributed by atoms with Crippen molar-refractivity contribution in [3.05, 3.63) is 77.4 Å². The minimum atomic E-state index is -0.0720. The van der Waals surface area contributed by atoms with Crippen molar-refractivity contribution in [2.75, 3.05) is 5.32 Å². The smallest absolute Gasteiger partial charge is 0.226 e. The number of amides is 1. The minimum Gasteiger partial charge on any atom is -0.332 e. The summed E-state index contributed by atoms with van der Waals surface area (Å²) < 4.78 is 0. The van der Waals surface area contributed by atoms with Gasteiger partial charge in [-0.25, -0.2) is 0 Å². The van der Waals surface area contributed by atoms with E-state index in [1.54, 1.807) is 0 Å². The first-order valence-electron chi connectivity index (χ1n) is 8.89. The van der Waals surface area contributed by atoms with Crippen LogP contribution in [0.4, 0.5) is 5.69 Å². The van der Waals surface area contributed by atoms with Gasteiger partial charge in [0, 0.05) is 17.5 Å². The zero-order chi connectivity index (χ0) is 17.9. The largest absolute Gasteiger partial charge is 0.332 e. The molecule has 26 heavy (non-hydrogen) atoms. The zero-order valence-electron chi connectivity index (χ0n) is 14.4. The third-order valence-electron chi connectivity index (χ3n) is 4.86. The molecular weight excluding hydrogens is 340 g/mol. The molecule has 0 fully saturated rings. The summed E-state index contributed by atoms with van der Waals surface area (Å²) in [7, 11) is 0. The molecule has 3 aromatic carbocycles. The number of carbonyl (C=O) groups is 1. The third kappa shape index (κ3) is 3.46. The van der Waals surface area contributed by atoms with Crippen LogP contribution in [0.2, 0.25) is 0 Å². The van der Waals surface area contributed by atoms with E-state index in [0.29, 0.717) is 18.0 Å². The van der Waals surface area contributed by atoms with Gasteiger partial charge >= 0.3 is 0 Å². The molecule has 0 heterocycles. The van der Waals surface area contributed by atoms with Gasteiger partial charge in [-0.15, -0.1) is 0 Å². The molecule has 1 amide bonds. The monoisotopic (exact) mass is 360 g/mol. The summed E-state index contributed by atoms with van der Waals surface area (Å²) in [4.78, 5) is 12.2. The lowest BCUT2D eigenvalue weighted by atomic mass is 10.0. The van der Waals surface area contributed by atoms with Gasteiger partial charge in [0.15, 0.2) is 5.11 Å². The Kier molecular flexibility index (Phi) is 4.67. The quantitative estimate of drug-likeness (QED) is 0.678. The third-order valence-corrected chi connectivity index (χ3v) is 5.07. The Bertz CT molecular complexity index is 972. The lowest BCUT2D eigenvalue weighted by Gasteiger charge is -2.13. The fraction of sp³-hybridized carbons (Fsp3) is 0.182. The lowest BCUT2D eigenvalue weighted by molar-refractivity contribution is -0.119. The molecule has 0 atom stereocenters. The number of rotatable bonds is 4. The number of anilines is 1. The number of benzene rings is 3. The van der Waals surface area contributed by atoms with E-state index >= 15 is 0 Å². The molecule has 0 radical (unpaired) electrons. The van der Waals surface area contributed by atoms with Crippen LogP contribution in [0.3, 0.4) is 0 Å². The molecule has 2 N–H and O–H groups in total. The number of hydrogen-bond donors (Lipinski definition) is 2. The maximum absolute atomic E-state index is 12.2. The van der Waals surface area contributed by atoms with Crippen LogP contribution < -0.4 is 10.6 Å². The standard InChI is InChI=1S/C22H20N2OS/c25-20(14-9-15-5-2-1-3-6-15)24-22(26)23-19-13-12-17-11-10-16-7-4-8-18(19)21(16)17/h1-8,12-13H,9-11,14H2,(H2,23,24,25,26).